The van der Waals surface area contributed by atoms with Crippen molar-refractivity contribution in [3.05, 3.63) is 124 Å². The fourth-order valence-corrected chi connectivity index (χ4v) is 4.92. The lowest BCUT2D eigenvalue weighted by atomic mass is 9.95. The van der Waals surface area contributed by atoms with Gasteiger partial charge in [0.25, 0.3) is 5.91 Å². The van der Waals surface area contributed by atoms with E-state index in [4.69, 9.17) is 11.6 Å². The van der Waals surface area contributed by atoms with Gasteiger partial charge in [0.2, 0.25) is 5.91 Å². The van der Waals surface area contributed by atoms with Crippen LogP contribution in [0.25, 0.3) is 11.1 Å². The summed E-state index contributed by atoms with van der Waals surface area (Å²) in [4.78, 5) is 37.6. The van der Waals surface area contributed by atoms with Crippen molar-refractivity contribution < 1.29 is 23.9 Å². The molecule has 1 unspecified atom stereocenters. The molecule has 1 atom stereocenters. The van der Waals surface area contributed by atoms with Gasteiger partial charge in [-0.2, -0.15) is 0 Å². The zero-order valence-electron chi connectivity index (χ0n) is 20.7. The molecule has 0 heterocycles. The molecule has 39 heavy (non-hydrogen) atoms. The van der Waals surface area contributed by atoms with Gasteiger partial charge in [0, 0.05) is 29.1 Å². The number of hydrogen-bond acceptors (Lipinski definition) is 3. The van der Waals surface area contributed by atoms with E-state index in [1.165, 1.54) is 24.3 Å². The fourth-order valence-electron chi connectivity index (χ4n) is 4.80. The van der Waals surface area contributed by atoms with Gasteiger partial charge in [-0.15, -0.1) is 0 Å². The average molecular weight is 543 g/mol. The van der Waals surface area contributed by atoms with Crippen molar-refractivity contribution in [2.75, 3.05) is 5.32 Å². The molecule has 0 saturated heterocycles. The summed E-state index contributed by atoms with van der Waals surface area (Å²) in [6.07, 6.45) is 0.353. The summed E-state index contributed by atoms with van der Waals surface area (Å²) < 4.78 is 13.1. The van der Waals surface area contributed by atoms with E-state index in [2.05, 4.69) is 10.6 Å². The number of hydrogen-bond donors (Lipinski definition) is 3. The maximum Gasteiger partial charge on any atom is 0.330 e. The Hall–Kier alpha value is -4.49. The van der Waals surface area contributed by atoms with E-state index >= 15 is 0 Å². The molecule has 0 aliphatic heterocycles. The number of carboxylic acids is 1. The summed E-state index contributed by atoms with van der Waals surface area (Å²) in [6.45, 7) is 0. The Labute approximate surface area is 229 Å². The second kappa shape index (κ2) is 10.7. The molecule has 4 aromatic rings. The highest BCUT2D eigenvalue weighted by Gasteiger charge is 2.45. The molecule has 196 valence electrons. The quantitative estimate of drug-likeness (QED) is 0.280. The molecule has 8 heteroatoms. The highest BCUT2D eigenvalue weighted by Crippen LogP contribution is 2.34. The Morgan fingerprint density at radius 2 is 1.46 bits per heavy atom. The Kier molecular flexibility index (Phi) is 7.17. The van der Waals surface area contributed by atoms with Gasteiger partial charge in [-0.3, -0.25) is 9.59 Å². The van der Waals surface area contributed by atoms with E-state index in [1.54, 1.807) is 36.4 Å². The lowest BCUT2D eigenvalue weighted by molar-refractivity contribution is -0.147. The number of carbonyl (C=O) groups is 3. The summed E-state index contributed by atoms with van der Waals surface area (Å²) in [5, 5.41) is 16.2. The predicted molar refractivity (Wildman–Crippen MR) is 147 cm³/mol. The fraction of sp³-hybridized carbons (Fsp3) is 0.129. The minimum absolute atomic E-state index is 0.0202. The topological polar surface area (TPSA) is 95.5 Å². The van der Waals surface area contributed by atoms with Gasteiger partial charge in [0.15, 0.2) is 0 Å². The number of nitrogens with one attached hydrogen (secondary N) is 2. The number of aliphatic carboxylic acids is 1. The molecule has 2 amide bonds. The maximum atomic E-state index is 13.1. The summed E-state index contributed by atoms with van der Waals surface area (Å²) >= 11 is 5.99. The van der Waals surface area contributed by atoms with Gasteiger partial charge in [-0.05, 0) is 76.3 Å². The monoisotopic (exact) mass is 542 g/mol. The van der Waals surface area contributed by atoms with Crippen LogP contribution in [-0.2, 0) is 28.9 Å². The number of amides is 2. The second-order valence-corrected chi connectivity index (χ2v) is 10.1. The van der Waals surface area contributed by atoms with Crippen molar-refractivity contribution in [1.29, 1.82) is 0 Å². The molecule has 0 saturated carbocycles. The molecule has 6 nitrogen and oxygen atoms in total. The van der Waals surface area contributed by atoms with Crippen molar-refractivity contribution in [2.45, 2.75) is 24.8 Å². The van der Waals surface area contributed by atoms with Crippen LogP contribution >= 0.6 is 11.6 Å². The first-order chi connectivity index (χ1) is 18.7. The maximum absolute atomic E-state index is 13.1. The molecule has 4 aromatic carbocycles. The van der Waals surface area contributed by atoms with Gasteiger partial charge < -0.3 is 15.7 Å². The van der Waals surface area contributed by atoms with Crippen LogP contribution in [0.3, 0.4) is 0 Å². The number of halogens is 2. The zero-order valence-corrected chi connectivity index (χ0v) is 21.5. The minimum Gasteiger partial charge on any atom is -0.479 e. The van der Waals surface area contributed by atoms with E-state index in [1.807, 2.05) is 30.3 Å². The Morgan fingerprint density at radius 3 is 2.13 bits per heavy atom. The van der Waals surface area contributed by atoms with E-state index in [-0.39, 0.29) is 25.2 Å². The van der Waals surface area contributed by atoms with Gasteiger partial charge in [0.05, 0.1) is 6.42 Å². The zero-order chi connectivity index (χ0) is 27.6. The third-order valence-corrected chi connectivity index (χ3v) is 7.09. The Balaban J connectivity index is 1.24. The second-order valence-electron chi connectivity index (χ2n) is 9.61. The molecule has 5 rings (SSSR count). The van der Waals surface area contributed by atoms with Crippen LogP contribution in [0.4, 0.5) is 10.1 Å². The third kappa shape index (κ3) is 5.84. The lowest BCUT2D eigenvalue weighted by Gasteiger charge is -2.25. The number of fused-ring (bicyclic) bond motifs is 1. The average Bonchev–Trinajstić information content (AvgIpc) is 3.29. The predicted octanol–water partition coefficient (Wildman–Crippen LogP) is 5.68. The number of benzene rings is 4. The first-order valence-corrected chi connectivity index (χ1v) is 12.7. The van der Waals surface area contributed by atoms with Crippen molar-refractivity contribution in [3.63, 3.8) is 0 Å². The minimum atomic E-state index is -1.43. The number of carbonyl (C=O) groups excluding carboxylic acids is 2. The first kappa shape index (κ1) is 26.1. The smallest absolute Gasteiger partial charge is 0.330 e. The molecular formula is C31H24ClFN2O4. The molecule has 1 aliphatic carbocycles. The molecule has 0 spiro atoms. The van der Waals surface area contributed by atoms with Crippen LogP contribution in [0.5, 0.6) is 0 Å². The van der Waals surface area contributed by atoms with Crippen molar-refractivity contribution in [1.82, 2.24) is 5.32 Å². The number of carboxylic acid groups (broad SMARTS) is 1. The van der Waals surface area contributed by atoms with Gasteiger partial charge in [-0.1, -0.05) is 54.1 Å². The van der Waals surface area contributed by atoms with E-state index < -0.39 is 23.2 Å². The van der Waals surface area contributed by atoms with Gasteiger partial charge in [0.1, 0.15) is 11.4 Å². The molecule has 0 radical (unpaired) electrons. The summed E-state index contributed by atoms with van der Waals surface area (Å²) in [6, 6.07) is 25.1. The highest BCUT2D eigenvalue weighted by atomic mass is 35.5. The summed E-state index contributed by atoms with van der Waals surface area (Å²) in [7, 11) is 0. The standard InChI is InChI=1S/C31H24ClFN2O4/c32-25-9-5-20(6-10-25)22-3-4-23-17-31(30(38)39,18-24(23)16-22)35-28(36)15-19-1-13-27(14-2-19)34-29(37)21-7-11-26(33)12-8-21/h1-14,16H,15,17-18H2,(H,34,37)(H,35,36)(H,38,39). The van der Waals surface area contributed by atoms with Crippen LogP contribution in [0.2, 0.25) is 5.02 Å². The van der Waals surface area contributed by atoms with Crippen molar-refractivity contribution in [3.8, 4) is 11.1 Å². The Bertz CT molecular complexity index is 1550. The van der Waals surface area contributed by atoms with Gasteiger partial charge >= 0.3 is 5.97 Å². The van der Waals surface area contributed by atoms with Crippen molar-refractivity contribution in [2.24, 2.45) is 0 Å². The third-order valence-electron chi connectivity index (χ3n) is 6.84. The summed E-state index contributed by atoms with van der Waals surface area (Å²) in [5.41, 5.74) is 3.74. The first-order valence-electron chi connectivity index (χ1n) is 12.3. The van der Waals surface area contributed by atoms with Gasteiger partial charge in [-0.25, -0.2) is 9.18 Å². The molecule has 0 aromatic heterocycles. The number of anilines is 1. The lowest BCUT2D eigenvalue weighted by Crippen LogP contribution is -2.55. The van der Waals surface area contributed by atoms with Crippen LogP contribution in [0.1, 0.15) is 27.0 Å². The SMILES string of the molecule is O=C(Cc1ccc(NC(=O)c2ccc(F)cc2)cc1)NC1(C(=O)O)Cc2ccc(-c3ccc(Cl)cc3)cc2C1. The van der Waals surface area contributed by atoms with Crippen LogP contribution < -0.4 is 10.6 Å². The highest BCUT2D eigenvalue weighted by molar-refractivity contribution is 6.30. The van der Waals surface area contributed by atoms with Crippen molar-refractivity contribution >= 4 is 35.1 Å². The molecule has 3 N–H and O–H groups in total. The van der Waals surface area contributed by atoms with E-state index in [0.717, 1.165) is 22.3 Å². The van der Waals surface area contributed by atoms with Crippen LogP contribution in [0.15, 0.2) is 91.0 Å². The molecule has 1 aliphatic rings. The molecule has 0 fully saturated rings. The van der Waals surface area contributed by atoms with E-state index in [0.29, 0.717) is 21.8 Å². The van der Waals surface area contributed by atoms with Crippen LogP contribution in [-0.4, -0.2) is 28.4 Å². The number of rotatable bonds is 7. The Morgan fingerprint density at radius 1 is 0.821 bits per heavy atom. The van der Waals surface area contributed by atoms with Crippen LogP contribution in [0, 0.1) is 5.82 Å². The normalized spacial score (nSPS) is 15.8. The van der Waals surface area contributed by atoms with E-state index in [9.17, 15) is 23.9 Å². The molecule has 0 bridgehead atoms. The largest absolute Gasteiger partial charge is 0.479 e. The summed E-state index contributed by atoms with van der Waals surface area (Å²) in [5.74, 6) is -2.31. The molecular weight excluding hydrogens is 519 g/mol.